The molecule has 0 saturated carbocycles. The molecule has 1 aliphatic heterocycles. The molecule has 0 radical (unpaired) electrons. The standard InChI is InChI=1S/C18H26N2O4/c1-13(21)20-10-7-14(8-11-20)18(22)19-9-6-15-12-16(23-2)4-5-17(15)24-3/h4-5,12,14H,6-11H2,1-3H3,(H,19,22). The number of nitrogens with zero attached hydrogens (tertiary/aromatic N) is 1. The van der Waals surface area contributed by atoms with Crippen molar-refractivity contribution in [3.8, 4) is 11.5 Å². The van der Waals surface area contributed by atoms with Crippen LogP contribution in [0.4, 0.5) is 0 Å². The van der Waals surface area contributed by atoms with Crippen LogP contribution in [0.3, 0.4) is 0 Å². The van der Waals surface area contributed by atoms with Gasteiger partial charge in [-0.3, -0.25) is 9.59 Å². The van der Waals surface area contributed by atoms with Gasteiger partial charge in [-0.1, -0.05) is 0 Å². The number of carbonyl (C=O) groups excluding carboxylic acids is 2. The molecule has 1 N–H and O–H groups in total. The van der Waals surface area contributed by atoms with Crippen molar-refractivity contribution in [3.05, 3.63) is 23.8 Å². The number of carbonyl (C=O) groups is 2. The van der Waals surface area contributed by atoms with Crippen LogP contribution in [0.25, 0.3) is 0 Å². The molecule has 0 spiro atoms. The van der Waals surface area contributed by atoms with Gasteiger partial charge in [-0.2, -0.15) is 0 Å². The molecule has 1 aromatic rings. The second-order valence-electron chi connectivity index (χ2n) is 6.00. The molecule has 0 unspecified atom stereocenters. The van der Waals surface area contributed by atoms with E-state index in [0.29, 0.717) is 26.1 Å². The Morgan fingerprint density at radius 2 is 1.92 bits per heavy atom. The summed E-state index contributed by atoms with van der Waals surface area (Å²) in [6, 6.07) is 5.65. The lowest BCUT2D eigenvalue weighted by molar-refractivity contribution is -0.133. The molecule has 0 bridgehead atoms. The molecule has 6 nitrogen and oxygen atoms in total. The van der Waals surface area contributed by atoms with Gasteiger partial charge in [0.2, 0.25) is 11.8 Å². The lowest BCUT2D eigenvalue weighted by Crippen LogP contribution is -2.42. The average Bonchev–Trinajstić information content (AvgIpc) is 2.61. The van der Waals surface area contributed by atoms with Crippen LogP contribution in [-0.4, -0.2) is 50.6 Å². The molecule has 24 heavy (non-hydrogen) atoms. The molecule has 0 aliphatic carbocycles. The number of nitrogens with one attached hydrogen (secondary N) is 1. The van der Waals surface area contributed by atoms with Crippen LogP contribution >= 0.6 is 0 Å². The van der Waals surface area contributed by atoms with Crippen molar-refractivity contribution >= 4 is 11.8 Å². The van der Waals surface area contributed by atoms with E-state index in [1.807, 2.05) is 18.2 Å². The molecule has 0 aromatic heterocycles. The highest BCUT2D eigenvalue weighted by Crippen LogP contribution is 2.24. The zero-order chi connectivity index (χ0) is 17.5. The van der Waals surface area contributed by atoms with Crippen LogP contribution in [0, 0.1) is 5.92 Å². The Hall–Kier alpha value is -2.24. The molecule has 0 atom stereocenters. The van der Waals surface area contributed by atoms with Crippen LogP contribution in [0.15, 0.2) is 18.2 Å². The van der Waals surface area contributed by atoms with E-state index in [1.165, 1.54) is 0 Å². The quantitative estimate of drug-likeness (QED) is 0.858. The molecule has 1 aliphatic rings. The maximum absolute atomic E-state index is 12.3. The van der Waals surface area contributed by atoms with Crippen molar-refractivity contribution in [1.82, 2.24) is 10.2 Å². The van der Waals surface area contributed by atoms with Crippen molar-refractivity contribution in [1.29, 1.82) is 0 Å². The molecular formula is C18H26N2O4. The second-order valence-corrected chi connectivity index (χ2v) is 6.00. The smallest absolute Gasteiger partial charge is 0.223 e. The summed E-state index contributed by atoms with van der Waals surface area (Å²) < 4.78 is 10.6. The first-order valence-electron chi connectivity index (χ1n) is 8.29. The van der Waals surface area contributed by atoms with Crippen molar-refractivity contribution in [2.45, 2.75) is 26.2 Å². The fourth-order valence-corrected chi connectivity index (χ4v) is 3.00. The van der Waals surface area contributed by atoms with Gasteiger partial charge in [0.1, 0.15) is 11.5 Å². The topological polar surface area (TPSA) is 67.9 Å². The Labute approximate surface area is 143 Å². The number of likely N-dealkylation sites (tertiary alicyclic amines) is 1. The molecule has 2 rings (SSSR count). The second kappa shape index (κ2) is 8.57. The third kappa shape index (κ3) is 4.63. The number of hydrogen-bond acceptors (Lipinski definition) is 4. The third-order valence-electron chi connectivity index (χ3n) is 4.49. The average molecular weight is 334 g/mol. The van der Waals surface area contributed by atoms with E-state index >= 15 is 0 Å². The number of hydrogen-bond donors (Lipinski definition) is 1. The van der Waals surface area contributed by atoms with Crippen LogP contribution in [-0.2, 0) is 16.0 Å². The Bertz CT molecular complexity index is 580. The number of piperidine rings is 1. The molecule has 2 amide bonds. The number of methoxy groups -OCH3 is 2. The maximum atomic E-state index is 12.3. The van der Waals surface area contributed by atoms with E-state index in [0.717, 1.165) is 29.9 Å². The van der Waals surface area contributed by atoms with Crippen LogP contribution in [0.2, 0.25) is 0 Å². The van der Waals surface area contributed by atoms with Crippen molar-refractivity contribution < 1.29 is 19.1 Å². The third-order valence-corrected chi connectivity index (χ3v) is 4.49. The van der Waals surface area contributed by atoms with E-state index in [1.54, 1.807) is 26.0 Å². The first-order valence-corrected chi connectivity index (χ1v) is 8.29. The Balaban J connectivity index is 1.82. The van der Waals surface area contributed by atoms with Gasteiger partial charge in [0.15, 0.2) is 0 Å². The summed E-state index contributed by atoms with van der Waals surface area (Å²) in [5, 5.41) is 2.99. The molecular weight excluding hydrogens is 308 g/mol. The van der Waals surface area contributed by atoms with Crippen molar-refractivity contribution in [3.63, 3.8) is 0 Å². The highest BCUT2D eigenvalue weighted by atomic mass is 16.5. The van der Waals surface area contributed by atoms with Crippen LogP contribution in [0.1, 0.15) is 25.3 Å². The van der Waals surface area contributed by atoms with Gasteiger partial charge in [0, 0.05) is 32.5 Å². The highest BCUT2D eigenvalue weighted by Gasteiger charge is 2.25. The van der Waals surface area contributed by atoms with E-state index in [-0.39, 0.29) is 17.7 Å². The number of ether oxygens (including phenoxy) is 2. The molecule has 1 saturated heterocycles. The summed E-state index contributed by atoms with van der Waals surface area (Å²) in [7, 11) is 3.26. The minimum absolute atomic E-state index is 0.00666. The van der Waals surface area contributed by atoms with Crippen LogP contribution < -0.4 is 14.8 Å². The van der Waals surface area contributed by atoms with Gasteiger partial charge in [0.25, 0.3) is 0 Å². The normalized spacial score (nSPS) is 15.0. The van der Waals surface area contributed by atoms with E-state index in [2.05, 4.69) is 5.32 Å². The highest BCUT2D eigenvalue weighted by molar-refractivity contribution is 5.79. The fraction of sp³-hybridized carbons (Fsp3) is 0.556. The van der Waals surface area contributed by atoms with Gasteiger partial charge in [-0.05, 0) is 43.0 Å². The molecule has 1 heterocycles. The molecule has 6 heteroatoms. The van der Waals surface area contributed by atoms with Gasteiger partial charge >= 0.3 is 0 Å². The van der Waals surface area contributed by atoms with Gasteiger partial charge < -0.3 is 19.7 Å². The lowest BCUT2D eigenvalue weighted by atomic mass is 9.96. The Morgan fingerprint density at radius 1 is 1.21 bits per heavy atom. The van der Waals surface area contributed by atoms with Gasteiger partial charge in [-0.15, -0.1) is 0 Å². The van der Waals surface area contributed by atoms with E-state index in [4.69, 9.17) is 9.47 Å². The minimum atomic E-state index is -0.00666. The number of rotatable bonds is 6. The summed E-state index contributed by atoms with van der Waals surface area (Å²) in [4.78, 5) is 25.4. The lowest BCUT2D eigenvalue weighted by Gasteiger charge is -2.30. The zero-order valence-corrected chi connectivity index (χ0v) is 14.6. The molecule has 1 aromatic carbocycles. The Kier molecular flexibility index (Phi) is 6.46. The summed E-state index contributed by atoms with van der Waals surface area (Å²) in [5.74, 6) is 1.71. The number of benzene rings is 1. The van der Waals surface area contributed by atoms with E-state index in [9.17, 15) is 9.59 Å². The zero-order valence-electron chi connectivity index (χ0n) is 14.6. The van der Waals surface area contributed by atoms with Gasteiger partial charge in [0.05, 0.1) is 14.2 Å². The number of amides is 2. The van der Waals surface area contributed by atoms with Crippen LogP contribution in [0.5, 0.6) is 11.5 Å². The fourth-order valence-electron chi connectivity index (χ4n) is 3.00. The summed E-state index contributed by atoms with van der Waals surface area (Å²) in [6.45, 7) is 3.45. The summed E-state index contributed by atoms with van der Waals surface area (Å²) >= 11 is 0. The Morgan fingerprint density at radius 3 is 2.50 bits per heavy atom. The predicted octanol–water partition coefficient (Wildman–Crippen LogP) is 1.62. The summed E-state index contributed by atoms with van der Waals surface area (Å²) in [6.07, 6.45) is 2.14. The first kappa shape index (κ1) is 18.1. The SMILES string of the molecule is COc1ccc(OC)c(CCNC(=O)C2CCN(C(C)=O)CC2)c1. The van der Waals surface area contributed by atoms with E-state index < -0.39 is 0 Å². The van der Waals surface area contributed by atoms with Gasteiger partial charge in [-0.25, -0.2) is 0 Å². The maximum Gasteiger partial charge on any atom is 0.223 e. The summed E-state index contributed by atoms with van der Waals surface area (Å²) in [5.41, 5.74) is 1.00. The monoisotopic (exact) mass is 334 g/mol. The predicted molar refractivity (Wildman–Crippen MR) is 91.2 cm³/mol. The van der Waals surface area contributed by atoms with Crippen molar-refractivity contribution in [2.24, 2.45) is 5.92 Å². The molecule has 132 valence electrons. The largest absolute Gasteiger partial charge is 0.497 e. The minimum Gasteiger partial charge on any atom is -0.497 e. The molecule has 1 fully saturated rings. The van der Waals surface area contributed by atoms with Crippen molar-refractivity contribution in [2.75, 3.05) is 33.9 Å². The first-order chi connectivity index (χ1) is 11.5.